The fourth-order valence-corrected chi connectivity index (χ4v) is 4.98. The summed E-state index contributed by atoms with van der Waals surface area (Å²) in [5.74, 6) is 1.70. The second-order valence-electron chi connectivity index (χ2n) is 5.37. The average molecular weight is 463 g/mol. The molecule has 132 valence electrons. The Bertz CT molecular complexity index is 913. The molecule has 26 heavy (non-hydrogen) atoms. The van der Waals surface area contributed by atoms with Crippen molar-refractivity contribution in [2.75, 3.05) is 12.4 Å². The van der Waals surface area contributed by atoms with E-state index in [-0.39, 0.29) is 0 Å². The number of hydrogen-bond acceptors (Lipinski definition) is 5. The van der Waals surface area contributed by atoms with Gasteiger partial charge in [0.15, 0.2) is 5.16 Å². The number of nitrogens with zero attached hydrogens (tertiary/aromatic N) is 1. The molecule has 3 heterocycles. The molecule has 0 fully saturated rings. The van der Waals surface area contributed by atoms with Gasteiger partial charge in [-0.25, -0.2) is 4.98 Å². The van der Waals surface area contributed by atoms with Crippen molar-refractivity contribution in [3.05, 3.63) is 63.8 Å². The number of H-pyrrole nitrogens is 1. The van der Waals surface area contributed by atoms with Crippen molar-refractivity contribution in [2.24, 2.45) is 0 Å². The van der Waals surface area contributed by atoms with Gasteiger partial charge < -0.3 is 9.72 Å². The van der Waals surface area contributed by atoms with Gasteiger partial charge in [0.05, 0.1) is 22.1 Å². The number of thioether (sulfide) groups is 1. The molecule has 0 atom stereocenters. The van der Waals surface area contributed by atoms with Crippen molar-refractivity contribution in [1.29, 1.82) is 0 Å². The molecule has 7 heteroatoms. The van der Waals surface area contributed by atoms with Crippen molar-refractivity contribution < 1.29 is 4.74 Å². The Balaban J connectivity index is 1.45. The van der Waals surface area contributed by atoms with Crippen LogP contribution in [0.4, 0.5) is 0 Å². The molecule has 0 saturated heterocycles. The van der Waals surface area contributed by atoms with Gasteiger partial charge in [0.25, 0.3) is 0 Å². The standard InChI is InChI=1S/C19H15BrN2OS3/c20-13-4-1-5-14(12-13)23-8-11-26-19-21-17(15-6-2-9-24-15)18(22-19)16-7-3-10-25-16/h1-7,9-10,12H,8,11H2,(H,21,22). The number of benzene rings is 1. The minimum atomic E-state index is 0.629. The summed E-state index contributed by atoms with van der Waals surface area (Å²) in [7, 11) is 0. The van der Waals surface area contributed by atoms with Crippen LogP contribution in [0.3, 0.4) is 0 Å². The number of aromatic amines is 1. The molecule has 4 aromatic rings. The van der Waals surface area contributed by atoms with E-state index in [4.69, 9.17) is 9.72 Å². The lowest BCUT2D eigenvalue weighted by atomic mass is 10.2. The van der Waals surface area contributed by atoms with Crippen molar-refractivity contribution in [3.8, 4) is 26.9 Å². The molecule has 0 spiro atoms. The van der Waals surface area contributed by atoms with E-state index in [1.165, 1.54) is 9.75 Å². The summed E-state index contributed by atoms with van der Waals surface area (Å²) in [5, 5.41) is 5.10. The summed E-state index contributed by atoms with van der Waals surface area (Å²) in [6, 6.07) is 16.3. The number of rotatable bonds is 7. The molecule has 1 N–H and O–H groups in total. The van der Waals surface area contributed by atoms with Crippen molar-refractivity contribution in [1.82, 2.24) is 9.97 Å². The first-order valence-electron chi connectivity index (χ1n) is 7.98. The zero-order chi connectivity index (χ0) is 17.8. The molecule has 1 aromatic carbocycles. The third-order valence-electron chi connectivity index (χ3n) is 3.59. The van der Waals surface area contributed by atoms with Crippen molar-refractivity contribution >= 4 is 50.4 Å². The lowest BCUT2D eigenvalue weighted by molar-refractivity contribution is 0.343. The Morgan fingerprint density at radius 1 is 1.04 bits per heavy atom. The van der Waals surface area contributed by atoms with Crippen LogP contribution < -0.4 is 4.74 Å². The Labute approximate surface area is 172 Å². The molecular formula is C19H15BrN2OS3. The highest BCUT2D eigenvalue weighted by Crippen LogP contribution is 2.36. The van der Waals surface area contributed by atoms with Crippen LogP contribution in [0.1, 0.15) is 0 Å². The van der Waals surface area contributed by atoms with Gasteiger partial charge in [-0.2, -0.15) is 0 Å². The predicted molar refractivity (Wildman–Crippen MR) is 116 cm³/mol. The molecule has 3 nitrogen and oxygen atoms in total. The van der Waals surface area contributed by atoms with Crippen LogP contribution in [0, 0.1) is 0 Å². The van der Waals surface area contributed by atoms with Gasteiger partial charge >= 0.3 is 0 Å². The largest absolute Gasteiger partial charge is 0.493 e. The molecule has 0 bridgehead atoms. The zero-order valence-corrected chi connectivity index (χ0v) is 17.7. The molecular weight excluding hydrogens is 448 g/mol. The molecule has 0 aliphatic rings. The van der Waals surface area contributed by atoms with Crippen LogP contribution in [-0.4, -0.2) is 22.3 Å². The fourth-order valence-electron chi connectivity index (χ4n) is 2.47. The van der Waals surface area contributed by atoms with E-state index in [0.717, 1.165) is 32.5 Å². The summed E-state index contributed by atoms with van der Waals surface area (Å²) < 4.78 is 6.82. The third kappa shape index (κ3) is 4.23. The normalized spacial score (nSPS) is 11.0. The molecule has 0 radical (unpaired) electrons. The van der Waals surface area contributed by atoms with Gasteiger partial charge in [-0.15, -0.1) is 22.7 Å². The van der Waals surface area contributed by atoms with Gasteiger partial charge in [0.2, 0.25) is 0 Å². The first kappa shape index (κ1) is 17.9. The van der Waals surface area contributed by atoms with Crippen LogP contribution in [0.25, 0.3) is 21.1 Å². The van der Waals surface area contributed by atoms with Crippen LogP contribution in [0.2, 0.25) is 0 Å². The highest BCUT2D eigenvalue weighted by Gasteiger charge is 2.15. The molecule has 4 rings (SSSR count). The van der Waals surface area contributed by atoms with Crippen LogP contribution >= 0.6 is 50.4 Å². The Morgan fingerprint density at radius 3 is 2.58 bits per heavy atom. The van der Waals surface area contributed by atoms with Gasteiger partial charge in [0, 0.05) is 10.2 Å². The summed E-state index contributed by atoms with van der Waals surface area (Å²) in [4.78, 5) is 10.7. The first-order chi connectivity index (χ1) is 12.8. The summed E-state index contributed by atoms with van der Waals surface area (Å²) in [5.41, 5.74) is 2.12. The van der Waals surface area contributed by atoms with Crippen LogP contribution in [0.5, 0.6) is 5.75 Å². The topological polar surface area (TPSA) is 37.9 Å². The number of aromatic nitrogens is 2. The second kappa shape index (κ2) is 8.43. The minimum Gasteiger partial charge on any atom is -0.493 e. The molecule has 3 aromatic heterocycles. The number of halogens is 1. The zero-order valence-electron chi connectivity index (χ0n) is 13.6. The maximum absolute atomic E-state index is 5.80. The van der Waals surface area contributed by atoms with Crippen LogP contribution in [0.15, 0.2) is 68.9 Å². The summed E-state index contributed by atoms with van der Waals surface area (Å²) in [6.45, 7) is 0.629. The maximum Gasteiger partial charge on any atom is 0.166 e. The minimum absolute atomic E-state index is 0.629. The summed E-state index contributed by atoms with van der Waals surface area (Å²) in [6.07, 6.45) is 0. The number of hydrogen-bond donors (Lipinski definition) is 1. The van der Waals surface area contributed by atoms with Crippen molar-refractivity contribution in [3.63, 3.8) is 0 Å². The molecule has 0 amide bonds. The van der Waals surface area contributed by atoms with Gasteiger partial charge in [0.1, 0.15) is 11.4 Å². The second-order valence-corrected chi connectivity index (χ2v) is 9.27. The third-order valence-corrected chi connectivity index (χ3v) is 6.69. The van der Waals surface area contributed by atoms with Gasteiger partial charge in [-0.3, -0.25) is 0 Å². The summed E-state index contributed by atoms with van der Waals surface area (Å²) >= 11 is 8.57. The Hall–Kier alpha value is -1.54. The number of ether oxygens (including phenoxy) is 1. The van der Waals surface area contributed by atoms with E-state index in [0.29, 0.717) is 6.61 Å². The van der Waals surface area contributed by atoms with E-state index in [2.05, 4.69) is 55.9 Å². The predicted octanol–water partition coefficient (Wildman–Crippen LogP) is 6.80. The van der Waals surface area contributed by atoms with E-state index in [1.54, 1.807) is 34.4 Å². The van der Waals surface area contributed by atoms with Crippen LogP contribution in [-0.2, 0) is 0 Å². The lowest BCUT2D eigenvalue weighted by Gasteiger charge is -2.05. The monoisotopic (exact) mass is 462 g/mol. The molecule has 0 aliphatic heterocycles. The molecule has 0 saturated carbocycles. The number of nitrogens with one attached hydrogen (secondary N) is 1. The average Bonchev–Trinajstić information content (AvgIpc) is 3.39. The van der Waals surface area contributed by atoms with Gasteiger partial charge in [-0.1, -0.05) is 45.9 Å². The van der Waals surface area contributed by atoms with E-state index >= 15 is 0 Å². The van der Waals surface area contributed by atoms with E-state index < -0.39 is 0 Å². The first-order valence-corrected chi connectivity index (χ1v) is 11.5. The Morgan fingerprint density at radius 2 is 1.85 bits per heavy atom. The quantitative estimate of drug-likeness (QED) is 0.242. The smallest absolute Gasteiger partial charge is 0.166 e. The lowest BCUT2D eigenvalue weighted by Crippen LogP contribution is -2.00. The number of imidazole rings is 1. The van der Waals surface area contributed by atoms with Gasteiger partial charge in [-0.05, 0) is 41.1 Å². The molecule has 0 aliphatic carbocycles. The Kier molecular flexibility index (Phi) is 5.79. The highest BCUT2D eigenvalue weighted by atomic mass is 79.9. The molecule has 0 unspecified atom stereocenters. The van der Waals surface area contributed by atoms with E-state index in [9.17, 15) is 0 Å². The highest BCUT2D eigenvalue weighted by molar-refractivity contribution is 9.10. The van der Waals surface area contributed by atoms with E-state index in [1.807, 2.05) is 24.3 Å². The SMILES string of the molecule is Brc1cccc(OCCSc2nc(-c3cccs3)c(-c3cccs3)[nH]2)c1. The van der Waals surface area contributed by atoms with Crippen molar-refractivity contribution in [2.45, 2.75) is 5.16 Å². The fraction of sp³-hybridized carbons (Fsp3) is 0.105. The maximum atomic E-state index is 5.80. The number of thiophene rings is 2.